The normalized spacial score (nSPS) is 12.5. The zero-order chi connectivity index (χ0) is 10.3. The molecule has 76 valence electrons. The van der Waals surface area contributed by atoms with Crippen LogP contribution in [0.5, 0.6) is 0 Å². The second-order valence-electron chi connectivity index (χ2n) is 2.98. The lowest BCUT2D eigenvalue weighted by Gasteiger charge is -2.10. The molecule has 0 rings (SSSR count). The van der Waals surface area contributed by atoms with Crippen LogP contribution in [0.2, 0.25) is 0 Å². The summed E-state index contributed by atoms with van der Waals surface area (Å²) in [5.74, 6) is 1.04. The van der Waals surface area contributed by atoms with Crippen molar-refractivity contribution >= 4 is 23.3 Å². The average molecular weight is 203 g/mol. The highest BCUT2D eigenvalue weighted by Gasteiger charge is 2.15. The summed E-state index contributed by atoms with van der Waals surface area (Å²) < 4.78 is 0. The van der Waals surface area contributed by atoms with E-state index >= 15 is 0 Å². The van der Waals surface area contributed by atoms with E-state index in [9.17, 15) is 9.59 Å². The highest BCUT2D eigenvalue weighted by atomic mass is 32.2. The van der Waals surface area contributed by atoms with Gasteiger partial charge in [-0.1, -0.05) is 0 Å². The van der Waals surface area contributed by atoms with Crippen molar-refractivity contribution in [1.29, 1.82) is 0 Å². The number of rotatable bonds is 7. The topological polar surface area (TPSA) is 46.2 Å². The smallest absolute Gasteiger partial charge is 0.143 e. The van der Waals surface area contributed by atoms with Crippen molar-refractivity contribution in [2.75, 3.05) is 19.3 Å². The van der Waals surface area contributed by atoms with Crippen molar-refractivity contribution in [1.82, 2.24) is 5.32 Å². The second-order valence-corrected chi connectivity index (χ2v) is 4.29. The fourth-order valence-electron chi connectivity index (χ4n) is 0.884. The number of thioether (sulfide) groups is 1. The quantitative estimate of drug-likeness (QED) is 0.624. The number of nitrogens with one attached hydrogen (secondary N) is 1. The first-order chi connectivity index (χ1) is 6.07. The van der Waals surface area contributed by atoms with Crippen LogP contribution in [0.25, 0.3) is 0 Å². The van der Waals surface area contributed by atoms with E-state index in [-0.39, 0.29) is 16.8 Å². The van der Waals surface area contributed by atoms with Crippen LogP contribution in [0.1, 0.15) is 20.3 Å². The molecular formula is C9H17NO2S. The summed E-state index contributed by atoms with van der Waals surface area (Å²) in [5.41, 5.74) is 0. The minimum Gasteiger partial charge on any atom is -0.319 e. The Morgan fingerprint density at radius 1 is 1.38 bits per heavy atom. The molecule has 0 aromatic carbocycles. The third-order valence-electron chi connectivity index (χ3n) is 1.60. The van der Waals surface area contributed by atoms with E-state index in [1.807, 2.05) is 7.05 Å². The number of hydrogen-bond acceptors (Lipinski definition) is 4. The molecule has 0 aliphatic carbocycles. The van der Waals surface area contributed by atoms with Crippen LogP contribution < -0.4 is 5.32 Å². The predicted molar refractivity (Wildman–Crippen MR) is 56.2 cm³/mol. The van der Waals surface area contributed by atoms with Crippen LogP contribution >= 0.6 is 11.8 Å². The van der Waals surface area contributed by atoms with Gasteiger partial charge >= 0.3 is 0 Å². The van der Waals surface area contributed by atoms with Gasteiger partial charge in [-0.15, -0.1) is 11.8 Å². The van der Waals surface area contributed by atoms with E-state index in [2.05, 4.69) is 5.32 Å². The van der Waals surface area contributed by atoms with Crippen LogP contribution in [0.4, 0.5) is 0 Å². The molecule has 0 aliphatic rings. The molecule has 0 aromatic rings. The van der Waals surface area contributed by atoms with Gasteiger partial charge in [-0.3, -0.25) is 9.59 Å². The maximum atomic E-state index is 11.1. The first-order valence-electron chi connectivity index (χ1n) is 4.34. The molecule has 0 aromatic heterocycles. The van der Waals surface area contributed by atoms with Gasteiger partial charge in [-0.05, 0) is 20.9 Å². The molecule has 0 aliphatic heterocycles. The van der Waals surface area contributed by atoms with Crippen LogP contribution in [0, 0.1) is 0 Å². The number of hydrogen-bond donors (Lipinski definition) is 1. The number of ketones is 2. The molecule has 0 saturated carbocycles. The Hall–Kier alpha value is -0.350. The molecule has 1 unspecified atom stereocenters. The van der Waals surface area contributed by atoms with Crippen LogP contribution in [0.15, 0.2) is 0 Å². The summed E-state index contributed by atoms with van der Waals surface area (Å²) in [6.45, 7) is 3.93. The van der Waals surface area contributed by atoms with Gasteiger partial charge in [0, 0.05) is 18.7 Å². The van der Waals surface area contributed by atoms with Crippen molar-refractivity contribution in [2.45, 2.75) is 25.5 Å². The zero-order valence-corrected chi connectivity index (χ0v) is 9.24. The van der Waals surface area contributed by atoms with Gasteiger partial charge in [0.25, 0.3) is 0 Å². The minimum atomic E-state index is -0.147. The summed E-state index contributed by atoms with van der Waals surface area (Å²) >= 11 is 1.55. The minimum absolute atomic E-state index is 0.0807. The van der Waals surface area contributed by atoms with Gasteiger partial charge in [0.05, 0.1) is 5.25 Å². The lowest BCUT2D eigenvalue weighted by atomic mass is 10.2. The molecule has 13 heavy (non-hydrogen) atoms. The summed E-state index contributed by atoms with van der Waals surface area (Å²) in [5, 5.41) is 2.85. The summed E-state index contributed by atoms with van der Waals surface area (Å²) in [4.78, 5) is 21.9. The van der Waals surface area contributed by atoms with Crippen LogP contribution in [-0.2, 0) is 9.59 Å². The molecule has 0 saturated heterocycles. The third-order valence-corrected chi connectivity index (χ3v) is 2.94. The summed E-state index contributed by atoms with van der Waals surface area (Å²) in [6, 6.07) is 0. The molecule has 3 nitrogen and oxygen atoms in total. The fourth-order valence-corrected chi connectivity index (χ4v) is 2.08. The monoisotopic (exact) mass is 203 g/mol. The van der Waals surface area contributed by atoms with E-state index in [0.29, 0.717) is 6.42 Å². The predicted octanol–water partition coefficient (Wildman–Crippen LogP) is 0.876. The molecular weight excluding hydrogens is 186 g/mol. The molecule has 0 heterocycles. The van der Waals surface area contributed by atoms with Crippen LogP contribution in [0.3, 0.4) is 0 Å². The van der Waals surface area contributed by atoms with Crippen molar-refractivity contribution in [3.05, 3.63) is 0 Å². The van der Waals surface area contributed by atoms with E-state index in [4.69, 9.17) is 0 Å². The number of carbonyl (C=O) groups excluding carboxylic acids is 2. The molecule has 4 heteroatoms. The molecule has 0 spiro atoms. The first-order valence-corrected chi connectivity index (χ1v) is 5.39. The third kappa shape index (κ3) is 6.78. The van der Waals surface area contributed by atoms with E-state index in [1.54, 1.807) is 18.7 Å². The van der Waals surface area contributed by atoms with Gasteiger partial charge in [-0.2, -0.15) is 0 Å². The molecule has 0 bridgehead atoms. The van der Waals surface area contributed by atoms with Crippen LogP contribution in [-0.4, -0.2) is 36.2 Å². The lowest BCUT2D eigenvalue weighted by Crippen LogP contribution is -2.20. The Morgan fingerprint density at radius 2 is 2.00 bits per heavy atom. The van der Waals surface area contributed by atoms with Crippen molar-refractivity contribution in [2.24, 2.45) is 0 Å². The fraction of sp³-hybridized carbons (Fsp3) is 0.778. The Morgan fingerprint density at radius 3 is 2.38 bits per heavy atom. The lowest BCUT2D eigenvalue weighted by molar-refractivity contribution is -0.121. The first kappa shape index (κ1) is 12.7. The second kappa shape index (κ2) is 7.09. The van der Waals surface area contributed by atoms with E-state index in [0.717, 1.165) is 12.3 Å². The maximum absolute atomic E-state index is 11.1. The average Bonchev–Trinajstić information content (AvgIpc) is 2.02. The number of Topliss-reactive ketones (excluding diaryl/α,β-unsaturated/α-hetero) is 2. The van der Waals surface area contributed by atoms with Gasteiger partial charge in [0.2, 0.25) is 0 Å². The van der Waals surface area contributed by atoms with Gasteiger partial charge in [0.15, 0.2) is 0 Å². The number of carbonyl (C=O) groups is 2. The Balaban J connectivity index is 3.81. The van der Waals surface area contributed by atoms with Crippen molar-refractivity contribution in [3.8, 4) is 0 Å². The summed E-state index contributed by atoms with van der Waals surface area (Å²) in [6.07, 6.45) is 0.365. The SMILES string of the molecule is CNCCSC(CC(C)=O)C(C)=O. The molecule has 0 radical (unpaired) electrons. The highest BCUT2D eigenvalue weighted by Crippen LogP contribution is 2.15. The zero-order valence-electron chi connectivity index (χ0n) is 8.42. The van der Waals surface area contributed by atoms with Gasteiger partial charge in [-0.25, -0.2) is 0 Å². The largest absolute Gasteiger partial charge is 0.319 e. The van der Waals surface area contributed by atoms with E-state index in [1.165, 1.54) is 6.92 Å². The Kier molecular flexibility index (Phi) is 6.90. The standard InChI is InChI=1S/C9H17NO2S/c1-7(11)6-9(8(2)12)13-5-4-10-3/h9-10H,4-6H2,1-3H3. The van der Waals surface area contributed by atoms with Gasteiger partial charge in [0.1, 0.15) is 11.6 Å². The molecule has 0 fully saturated rings. The molecule has 1 atom stereocenters. The van der Waals surface area contributed by atoms with Crippen molar-refractivity contribution in [3.63, 3.8) is 0 Å². The Bertz CT molecular complexity index is 182. The van der Waals surface area contributed by atoms with Gasteiger partial charge < -0.3 is 5.32 Å². The summed E-state index contributed by atoms with van der Waals surface area (Å²) in [7, 11) is 1.87. The highest BCUT2D eigenvalue weighted by molar-refractivity contribution is 8.00. The Labute approximate surface area is 83.7 Å². The molecule has 1 N–H and O–H groups in total. The maximum Gasteiger partial charge on any atom is 0.143 e. The molecule has 0 amide bonds. The van der Waals surface area contributed by atoms with E-state index < -0.39 is 0 Å². The van der Waals surface area contributed by atoms with Crippen molar-refractivity contribution < 1.29 is 9.59 Å².